The molecule has 2 aromatic rings. The van der Waals surface area contributed by atoms with Crippen LogP contribution in [0.25, 0.3) is 0 Å². The van der Waals surface area contributed by atoms with E-state index in [0.29, 0.717) is 52.2 Å². The van der Waals surface area contributed by atoms with E-state index >= 15 is 0 Å². The standard InChI is InChI=1S/C23H29F3N4O2/c1-28-10-12-29(13-11-28)20-5-4-18(16-19(20)23(24,25)26)27-21(31)17-22(6-14-32-15-7-22)30-8-2-3-9-30/h2-5,8-9,16H,6-7,10-15,17H2,1H3,(H,27,31). The topological polar surface area (TPSA) is 49.7 Å². The maximum atomic E-state index is 13.9. The first-order valence-electron chi connectivity index (χ1n) is 10.9. The van der Waals surface area contributed by atoms with Crippen LogP contribution < -0.4 is 10.2 Å². The minimum atomic E-state index is -4.51. The highest BCUT2D eigenvalue weighted by atomic mass is 19.4. The summed E-state index contributed by atoms with van der Waals surface area (Å²) in [7, 11) is 1.96. The molecule has 1 N–H and O–H groups in total. The van der Waals surface area contributed by atoms with Crippen molar-refractivity contribution in [2.24, 2.45) is 0 Å². The fourth-order valence-electron chi connectivity index (χ4n) is 4.60. The number of nitrogens with one attached hydrogen (secondary N) is 1. The van der Waals surface area contributed by atoms with Crippen molar-refractivity contribution >= 4 is 17.3 Å². The Bertz CT molecular complexity index is 916. The van der Waals surface area contributed by atoms with Crippen LogP contribution in [0, 0.1) is 0 Å². The highest BCUT2D eigenvalue weighted by Crippen LogP contribution is 2.39. The van der Waals surface area contributed by atoms with Crippen LogP contribution >= 0.6 is 0 Å². The van der Waals surface area contributed by atoms with Crippen LogP contribution in [-0.4, -0.2) is 61.8 Å². The number of hydrogen-bond donors (Lipinski definition) is 1. The SMILES string of the molecule is CN1CCN(c2ccc(NC(=O)CC3(n4cccc4)CCOCC3)cc2C(F)(F)F)CC1. The van der Waals surface area contributed by atoms with Gasteiger partial charge in [0.1, 0.15) is 0 Å². The first kappa shape index (κ1) is 22.7. The Morgan fingerprint density at radius 2 is 1.75 bits per heavy atom. The summed E-state index contributed by atoms with van der Waals surface area (Å²) in [5, 5.41) is 2.71. The van der Waals surface area contributed by atoms with Crippen molar-refractivity contribution in [1.82, 2.24) is 9.47 Å². The average molecular weight is 451 g/mol. The number of carbonyl (C=O) groups excluding carboxylic acids is 1. The molecule has 174 valence electrons. The van der Waals surface area contributed by atoms with E-state index in [1.807, 2.05) is 36.1 Å². The molecule has 0 spiro atoms. The molecule has 9 heteroatoms. The van der Waals surface area contributed by atoms with Gasteiger partial charge in [0.2, 0.25) is 5.91 Å². The highest BCUT2D eigenvalue weighted by Gasteiger charge is 2.38. The van der Waals surface area contributed by atoms with Gasteiger partial charge in [-0.25, -0.2) is 0 Å². The molecule has 3 heterocycles. The Balaban J connectivity index is 1.53. The normalized spacial score (nSPS) is 19.7. The Kier molecular flexibility index (Phi) is 6.48. The largest absolute Gasteiger partial charge is 0.418 e. The van der Waals surface area contributed by atoms with E-state index in [-0.39, 0.29) is 23.7 Å². The van der Waals surface area contributed by atoms with Gasteiger partial charge in [-0.15, -0.1) is 0 Å². The second kappa shape index (κ2) is 9.15. The van der Waals surface area contributed by atoms with Gasteiger partial charge in [0.25, 0.3) is 0 Å². The Morgan fingerprint density at radius 1 is 1.09 bits per heavy atom. The van der Waals surface area contributed by atoms with E-state index in [9.17, 15) is 18.0 Å². The number of nitrogens with zero attached hydrogens (tertiary/aromatic N) is 3. The molecule has 1 aromatic heterocycles. The number of hydrogen-bond acceptors (Lipinski definition) is 4. The lowest BCUT2D eigenvalue weighted by Gasteiger charge is -2.38. The zero-order valence-electron chi connectivity index (χ0n) is 18.2. The van der Waals surface area contributed by atoms with Crippen LogP contribution in [0.3, 0.4) is 0 Å². The van der Waals surface area contributed by atoms with Gasteiger partial charge in [-0.2, -0.15) is 13.2 Å². The molecular formula is C23H29F3N4O2. The highest BCUT2D eigenvalue weighted by molar-refractivity contribution is 5.91. The minimum Gasteiger partial charge on any atom is -0.381 e. The maximum absolute atomic E-state index is 13.9. The smallest absolute Gasteiger partial charge is 0.381 e. The van der Waals surface area contributed by atoms with Crippen molar-refractivity contribution in [3.05, 3.63) is 48.3 Å². The second-order valence-electron chi connectivity index (χ2n) is 8.67. The molecule has 2 saturated heterocycles. The van der Waals surface area contributed by atoms with Gasteiger partial charge in [-0.1, -0.05) is 0 Å². The lowest BCUT2D eigenvalue weighted by atomic mass is 9.86. The average Bonchev–Trinajstić information content (AvgIpc) is 3.30. The molecule has 0 atom stereocenters. The van der Waals surface area contributed by atoms with E-state index in [0.717, 1.165) is 6.07 Å². The third-order valence-corrected chi connectivity index (χ3v) is 6.49. The lowest BCUT2D eigenvalue weighted by Crippen LogP contribution is -2.45. The number of amides is 1. The predicted molar refractivity (Wildman–Crippen MR) is 117 cm³/mol. The quantitative estimate of drug-likeness (QED) is 0.753. The van der Waals surface area contributed by atoms with Gasteiger partial charge in [-0.3, -0.25) is 4.79 Å². The zero-order valence-corrected chi connectivity index (χ0v) is 18.2. The summed E-state index contributed by atoms with van der Waals surface area (Å²) >= 11 is 0. The van der Waals surface area contributed by atoms with Crippen LogP contribution in [-0.2, 0) is 21.2 Å². The number of ether oxygens (including phenoxy) is 1. The predicted octanol–water partition coefficient (Wildman–Crippen LogP) is 3.79. The third-order valence-electron chi connectivity index (χ3n) is 6.49. The number of rotatable bonds is 5. The number of piperazine rings is 1. The van der Waals surface area contributed by atoms with Gasteiger partial charge in [-0.05, 0) is 50.2 Å². The summed E-state index contributed by atoms with van der Waals surface area (Å²) in [6.45, 7) is 3.58. The molecule has 0 unspecified atom stereocenters. The van der Waals surface area contributed by atoms with Crippen molar-refractivity contribution in [2.45, 2.75) is 31.0 Å². The summed E-state index contributed by atoms with van der Waals surface area (Å²) < 4.78 is 49.0. The number of likely N-dealkylation sites (N-methyl/N-ethyl adjacent to an activating group) is 1. The Hall–Kier alpha value is -2.52. The Labute approximate surface area is 185 Å². The molecule has 2 fully saturated rings. The lowest BCUT2D eigenvalue weighted by molar-refractivity contribution is -0.137. The van der Waals surface area contributed by atoms with Crippen LogP contribution in [0.5, 0.6) is 0 Å². The zero-order chi connectivity index (χ0) is 22.8. The van der Waals surface area contributed by atoms with E-state index in [1.165, 1.54) is 6.07 Å². The van der Waals surface area contributed by atoms with Crippen LogP contribution in [0.4, 0.5) is 24.5 Å². The van der Waals surface area contributed by atoms with Crippen molar-refractivity contribution in [3.63, 3.8) is 0 Å². The molecule has 1 aromatic carbocycles. The number of carbonyl (C=O) groups is 1. The molecule has 1 amide bonds. The molecule has 0 saturated carbocycles. The second-order valence-corrected chi connectivity index (χ2v) is 8.67. The molecule has 4 rings (SSSR count). The van der Waals surface area contributed by atoms with Gasteiger partial charge in [0.05, 0.1) is 17.5 Å². The first-order valence-corrected chi connectivity index (χ1v) is 10.9. The van der Waals surface area contributed by atoms with E-state index in [4.69, 9.17) is 4.74 Å². The first-order chi connectivity index (χ1) is 15.3. The fraction of sp³-hybridized carbons (Fsp3) is 0.522. The number of anilines is 2. The summed E-state index contributed by atoms with van der Waals surface area (Å²) in [6.07, 6.45) is 0.853. The van der Waals surface area contributed by atoms with Gasteiger partial charge in [0, 0.05) is 63.2 Å². The molecule has 6 nitrogen and oxygen atoms in total. The number of benzene rings is 1. The molecule has 0 radical (unpaired) electrons. The number of alkyl halides is 3. The van der Waals surface area contributed by atoms with Crippen molar-refractivity contribution < 1.29 is 22.7 Å². The van der Waals surface area contributed by atoms with Gasteiger partial charge in [0.15, 0.2) is 0 Å². The van der Waals surface area contributed by atoms with Crippen molar-refractivity contribution in [2.75, 3.05) is 56.7 Å². The van der Waals surface area contributed by atoms with E-state index in [1.54, 1.807) is 11.0 Å². The molecular weight excluding hydrogens is 421 g/mol. The summed E-state index contributed by atoms with van der Waals surface area (Å²) in [5.41, 5.74) is -0.823. The van der Waals surface area contributed by atoms with E-state index < -0.39 is 17.3 Å². The third kappa shape index (κ3) is 4.94. The summed E-state index contributed by atoms with van der Waals surface area (Å²) in [6, 6.07) is 7.90. The van der Waals surface area contributed by atoms with Crippen LogP contribution in [0.1, 0.15) is 24.8 Å². The molecule has 32 heavy (non-hydrogen) atoms. The summed E-state index contributed by atoms with van der Waals surface area (Å²) in [4.78, 5) is 16.8. The van der Waals surface area contributed by atoms with Crippen LogP contribution in [0.15, 0.2) is 42.7 Å². The minimum absolute atomic E-state index is 0.162. The van der Waals surface area contributed by atoms with Crippen molar-refractivity contribution in [3.8, 4) is 0 Å². The monoisotopic (exact) mass is 450 g/mol. The van der Waals surface area contributed by atoms with Crippen LogP contribution in [0.2, 0.25) is 0 Å². The fourth-order valence-corrected chi connectivity index (χ4v) is 4.60. The van der Waals surface area contributed by atoms with Crippen molar-refractivity contribution in [1.29, 1.82) is 0 Å². The maximum Gasteiger partial charge on any atom is 0.418 e. The molecule has 0 aliphatic carbocycles. The number of halogens is 3. The molecule has 2 aliphatic heterocycles. The molecule has 0 bridgehead atoms. The number of aromatic nitrogens is 1. The summed E-state index contributed by atoms with van der Waals surface area (Å²) in [5.74, 6) is -0.305. The van der Waals surface area contributed by atoms with Gasteiger partial charge < -0.3 is 24.4 Å². The Morgan fingerprint density at radius 3 is 2.38 bits per heavy atom. The van der Waals surface area contributed by atoms with Gasteiger partial charge >= 0.3 is 6.18 Å². The molecule has 2 aliphatic rings. The van der Waals surface area contributed by atoms with E-state index in [2.05, 4.69) is 10.2 Å².